The molecule has 0 aromatic rings. The van der Waals surface area contributed by atoms with E-state index in [0.717, 1.165) is 0 Å². The van der Waals surface area contributed by atoms with Crippen LogP contribution in [0.5, 0.6) is 0 Å². The number of ether oxygens (including phenoxy) is 4. The van der Waals surface area contributed by atoms with E-state index in [1.165, 1.54) is 0 Å². The minimum Gasteiger partial charge on any atom is -0.373 e. The van der Waals surface area contributed by atoms with E-state index >= 15 is 0 Å². The largest absolute Gasteiger partial charge is 0.373 e. The van der Waals surface area contributed by atoms with Crippen LogP contribution in [0.15, 0.2) is 12.7 Å². The molecule has 1 fully saturated rings. The van der Waals surface area contributed by atoms with Gasteiger partial charge in [0.15, 0.2) is 6.29 Å². The van der Waals surface area contributed by atoms with Crippen LogP contribution in [0.3, 0.4) is 0 Å². The molecule has 0 N–H and O–H groups in total. The van der Waals surface area contributed by atoms with E-state index in [1.54, 1.807) is 20.3 Å². The first-order valence-electron chi connectivity index (χ1n) is 4.68. The smallest absolute Gasteiger partial charge is 0.186 e. The van der Waals surface area contributed by atoms with Crippen molar-refractivity contribution in [3.8, 4) is 0 Å². The summed E-state index contributed by atoms with van der Waals surface area (Å²) in [5, 5.41) is 0. The molecule has 1 heterocycles. The molecule has 14 heavy (non-hydrogen) atoms. The van der Waals surface area contributed by atoms with Crippen molar-refractivity contribution in [2.45, 2.75) is 31.5 Å². The lowest BCUT2D eigenvalue weighted by Gasteiger charge is -2.20. The van der Waals surface area contributed by atoms with Crippen LogP contribution in [0.25, 0.3) is 0 Å². The first-order valence-corrected chi connectivity index (χ1v) is 4.68. The standard InChI is InChI=1S/C10H18O4/c1-5-6-13-8-7(2)14-10(12-4)9(8)11-3/h5,7-10H,1,6H2,2-4H3/t7-,8+,9?,10-/m0/s1. The summed E-state index contributed by atoms with van der Waals surface area (Å²) in [6, 6.07) is 0. The van der Waals surface area contributed by atoms with Crippen molar-refractivity contribution in [1.82, 2.24) is 0 Å². The highest BCUT2D eigenvalue weighted by Gasteiger charge is 2.43. The van der Waals surface area contributed by atoms with E-state index in [9.17, 15) is 0 Å². The molecule has 1 saturated heterocycles. The van der Waals surface area contributed by atoms with Gasteiger partial charge in [-0.25, -0.2) is 0 Å². The second-order valence-corrected chi connectivity index (χ2v) is 3.23. The number of methoxy groups -OCH3 is 2. The lowest BCUT2D eigenvalue weighted by Crippen LogP contribution is -2.36. The first-order chi connectivity index (χ1) is 6.74. The van der Waals surface area contributed by atoms with Gasteiger partial charge in [0.05, 0.1) is 12.7 Å². The van der Waals surface area contributed by atoms with Crippen molar-refractivity contribution in [2.75, 3.05) is 20.8 Å². The zero-order valence-electron chi connectivity index (χ0n) is 8.93. The van der Waals surface area contributed by atoms with Crippen molar-refractivity contribution >= 4 is 0 Å². The number of hydrogen-bond donors (Lipinski definition) is 0. The minimum absolute atomic E-state index is 0.0233. The molecule has 0 radical (unpaired) electrons. The molecular formula is C10H18O4. The van der Waals surface area contributed by atoms with Crippen LogP contribution in [-0.2, 0) is 18.9 Å². The van der Waals surface area contributed by atoms with Crippen LogP contribution in [0.2, 0.25) is 0 Å². The van der Waals surface area contributed by atoms with E-state index in [2.05, 4.69) is 6.58 Å². The Kier molecular flexibility index (Phi) is 4.54. The molecule has 0 aliphatic carbocycles. The Bertz CT molecular complexity index is 183. The van der Waals surface area contributed by atoms with E-state index < -0.39 is 0 Å². The van der Waals surface area contributed by atoms with E-state index in [-0.39, 0.29) is 24.6 Å². The van der Waals surface area contributed by atoms with Gasteiger partial charge >= 0.3 is 0 Å². The van der Waals surface area contributed by atoms with Crippen molar-refractivity contribution in [2.24, 2.45) is 0 Å². The van der Waals surface area contributed by atoms with Crippen LogP contribution in [-0.4, -0.2) is 45.4 Å². The molecule has 0 aromatic carbocycles. The summed E-state index contributed by atoms with van der Waals surface area (Å²) in [6.45, 7) is 6.04. The average molecular weight is 202 g/mol. The molecule has 4 nitrogen and oxygen atoms in total. The Morgan fingerprint density at radius 1 is 1.29 bits per heavy atom. The van der Waals surface area contributed by atoms with Gasteiger partial charge in [0.25, 0.3) is 0 Å². The maximum absolute atomic E-state index is 5.55. The van der Waals surface area contributed by atoms with Crippen LogP contribution >= 0.6 is 0 Å². The second-order valence-electron chi connectivity index (χ2n) is 3.23. The van der Waals surface area contributed by atoms with Gasteiger partial charge in [0.1, 0.15) is 12.2 Å². The summed E-state index contributed by atoms with van der Waals surface area (Å²) >= 11 is 0. The quantitative estimate of drug-likeness (QED) is 0.622. The summed E-state index contributed by atoms with van der Waals surface area (Å²) < 4.78 is 21.5. The van der Waals surface area contributed by atoms with Crippen molar-refractivity contribution in [1.29, 1.82) is 0 Å². The van der Waals surface area contributed by atoms with Gasteiger partial charge in [0.2, 0.25) is 0 Å². The van der Waals surface area contributed by atoms with Gasteiger partial charge in [0, 0.05) is 14.2 Å². The third kappa shape index (κ3) is 2.33. The molecular weight excluding hydrogens is 184 g/mol. The molecule has 0 aromatic heterocycles. The predicted octanol–water partition coefficient (Wildman–Crippen LogP) is 0.964. The topological polar surface area (TPSA) is 36.9 Å². The van der Waals surface area contributed by atoms with Crippen molar-refractivity contribution < 1.29 is 18.9 Å². The Labute approximate surface area is 84.8 Å². The van der Waals surface area contributed by atoms with Crippen LogP contribution in [0, 0.1) is 0 Å². The second kappa shape index (κ2) is 5.46. The zero-order valence-corrected chi connectivity index (χ0v) is 8.93. The first kappa shape index (κ1) is 11.7. The van der Waals surface area contributed by atoms with Gasteiger partial charge in [-0.3, -0.25) is 0 Å². The highest BCUT2D eigenvalue weighted by Crippen LogP contribution is 2.26. The third-order valence-electron chi connectivity index (χ3n) is 2.31. The monoisotopic (exact) mass is 202 g/mol. The number of hydrogen-bond acceptors (Lipinski definition) is 4. The third-order valence-corrected chi connectivity index (χ3v) is 2.31. The molecule has 0 spiro atoms. The predicted molar refractivity (Wildman–Crippen MR) is 52.1 cm³/mol. The molecule has 0 bridgehead atoms. The lowest BCUT2D eigenvalue weighted by atomic mass is 10.1. The van der Waals surface area contributed by atoms with Gasteiger partial charge in [-0.1, -0.05) is 6.08 Å². The van der Waals surface area contributed by atoms with E-state index in [1.807, 2.05) is 6.92 Å². The molecule has 1 aliphatic rings. The normalized spacial score (nSPS) is 37.4. The fourth-order valence-electron chi connectivity index (χ4n) is 1.63. The zero-order chi connectivity index (χ0) is 10.6. The van der Waals surface area contributed by atoms with E-state index in [4.69, 9.17) is 18.9 Å². The molecule has 4 heteroatoms. The molecule has 0 saturated carbocycles. The summed E-state index contributed by atoms with van der Waals surface area (Å²) in [5.74, 6) is 0. The Hall–Kier alpha value is -0.420. The molecule has 82 valence electrons. The molecule has 1 rings (SSSR count). The Morgan fingerprint density at radius 3 is 2.50 bits per heavy atom. The van der Waals surface area contributed by atoms with E-state index in [0.29, 0.717) is 6.61 Å². The molecule has 4 atom stereocenters. The fourth-order valence-corrected chi connectivity index (χ4v) is 1.63. The average Bonchev–Trinajstić information content (AvgIpc) is 2.51. The fraction of sp³-hybridized carbons (Fsp3) is 0.800. The summed E-state index contributed by atoms with van der Waals surface area (Å²) in [4.78, 5) is 0. The summed E-state index contributed by atoms with van der Waals surface area (Å²) in [7, 11) is 3.22. The van der Waals surface area contributed by atoms with Crippen LogP contribution in [0.1, 0.15) is 6.92 Å². The maximum Gasteiger partial charge on any atom is 0.186 e. The number of rotatable bonds is 5. The molecule has 1 aliphatic heterocycles. The summed E-state index contributed by atoms with van der Waals surface area (Å²) in [6.07, 6.45) is 1.08. The summed E-state index contributed by atoms with van der Waals surface area (Å²) in [5.41, 5.74) is 0. The van der Waals surface area contributed by atoms with Gasteiger partial charge in [-0.2, -0.15) is 0 Å². The Balaban J connectivity index is 2.57. The van der Waals surface area contributed by atoms with Gasteiger partial charge < -0.3 is 18.9 Å². The van der Waals surface area contributed by atoms with Crippen molar-refractivity contribution in [3.63, 3.8) is 0 Å². The van der Waals surface area contributed by atoms with Gasteiger partial charge in [-0.15, -0.1) is 6.58 Å². The SMILES string of the molecule is C=CCO[C@H]1C(OC)[C@@H](OC)O[C@H]1C. The molecule has 0 amide bonds. The van der Waals surface area contributed by atoms with Crippen molar-refractivity contribution in [3.05, 3.63) is 12.7 Å². The maximum atomic E-state index is 5.55. The highest BCUT2D eigenvalue weighted by molar-refractivity contribution is 4.87. The van der Waals surface area contributed by atoms with Crippen LogP contribution < -0.4 is 0 Å². The van der Waals surface area contributed by atoms with Gasteiger partial charge in [-0.05, 0) is 6.92 Å². The lowest BCUT2D eigenvalue weighted by molar-refractivity contribution is -0.154. The highest BCUT2D eigenvalue weighted by atomic mass is 16.7. The Morgan fingerprint density at radius 2 is 2.00 bits per heavy atom. The van der Waals surface area contributed by atoms with Crippen LogP contribution in [0.4, 0.5) is 0 Å². The minimum atomic E-state index is -0.343. The molecule has 1 unspecified atom stereocenters.